The summed E-state index contributed by atoms with van der Waals surface area (Å²) in [6, 6.07) is 0. The van der Waals surface area contributed by atoms with E-state index in [1.165, 1.54) is 19.3 Å². The molecule has 0 heterocycles. The predicted molar refractivity (Wildman–Crippen MR) is 37.2 cm³/mol. The van der Waals surface area contributed by atoms with Crippen LogP contribution in [0.2, 0.25) is 0 Å². The Morgan fingerprint density at radius 2 is 2.00 bits per heavy atom. The normalized spacial score (nSPS) is 36.1. The molecule has 0 spiro atoms. The van der Waals surface area contributed by atoms with Crippen LogP contribution in [0.25, 0.3) is 0 Å². The first-order valence-corrected chi connectivity index (χ1v) is 3.80. The van der Waals surface area contributed by atoms with Gasteiger partial charge in [0.15, 0.2) is 0 Å². The van der Waals surface area contributed by atoms with Crippen LogP contribution < -0.4 is 0 Å². The molecule has 1 saturated carbocycles. The fourth-order valence-corrected chi connectivity index (χ4v) is 1.55. The minimum atomic E-state index is 0.374. The number of hydrogen-bond donors (Lipinski definition) is 0. The Morgan fingerprint density at radius 1 is 1.33 bits per heavy atom. The van der Waals surface area contributed by atoms with Crippen molar-refractivity contribution in [2.24, 2.45) is 11.8 Å². The van der Waals surface area contributed by atoms with Crippen molar-refractivity contribution in [2.75, 3.05) is 0 Å². The van der Waals surface area contributed by atoms with E-state index in [1.807, 2.05) is 0 Å². The number of carbonyl (C=O) groups excluding carboxylic acids is 1. The monoisotopic (exact) mass is 126 g/mol. The van der Waals surface area contributed by atoms with Crippen LogP contribution in [0.15, 0.2) is 0 Å². The summed E-state index contributed by atoms with van der Waals surface area (Å²) in [4.78, 5) is 10.4. The molecule has 1 aliphatic carbocycles. The molecule has 0 saturated heterocycles. The summed E-state index contributed by atoms with van der Waals surface area (Å²) >= 11 is 0. The summed E-state index contributed by atoms with van der Waals surface area (Å²) < 4.78 is 0. The lowest BCUT2D eigenvalue weighted by atomic mass is 9.81. The Balaban J connectivity index is 2.38. The Morgan fingerprint density at radius 3 is 2.44 bits per heavy atom. The lowest BCUT2D eigenvalue weighted by molar-refractivity contribution is -0.113. The van der Waals surface area contributed by atoms with Crippen LogP contribution in [0.1, 0.15) is 32.6 Å². The Labute approximate surface area is 56.4 Å². The second-order valence-electron chi connectivity index (χ2n) is 3.06. The molecule has 1 rings (SSSR count). The maximum absolute atomic E-state index is 10.4. The van der Waals surface area contributed by atoms with Gasteiger partial charge in [0, 0.05) is 5.92 Å². The van der Waals surface area contributed by atoms with E-state index in [-0.39, 0.29) is 0 Å². The van der Waals surface area contributed by atoms with E-state index in [9.17, 15) is 4.79 Å². The van der Waals surface area contributed by atoms with Crippen molar-refractivity contribution in [3.05, 3.63) is 0 Å². The van der Waals surface area contributed by atoms with Crippen molar-refractivity contribution >= 4 is 6.29 Å². The number of aldehydes is 1. The van der Waals surface area contributed by atoms with Gasteiger partial charge >= 0.3 is 0 Å². The lowest BCUT2D eigenvalue weighted by Gasteiger charge is -2.23. The summed E-state index contributed by atoms with van der Waals surface area (Å²) in [5.41, 5.74) is 0. The summed E-state index contributed by atoms with van der Waals surface area (Å²) in [7, 11) is 0. The largest absolute Gasteiger partial charge is 0.303 e. The lowest BCUT2D eigenvalue weighted by Crippen LogP contribution is -2.17. The van der Waals surface area contributed by atoms with Crippen LogP contribution in [0, 0.1) is 11.8 Å². The van der Waals surface area contributed by atoms with Gasteiger partial charge < -0.3 is 4.79 Å². The molecule has 2 atom stereocenters. The highest BCUT2D eigenvalue weighted by Crippen LogP contribution is 2.27. The van der Waals surface area contributed by atoms with E-state index in [1.54, 1.807) is 0 Å². The topological polar surface area (TPSA) is 17.1 Å². The van der Waals surface area contributed by atoms with Crippen molar-refractivity contribution in [2.45, 2.75) is 32.6 Å². The maximum Gasteiger partial charge on any atom is 0.123 e. The first kappa shape index (κ1) is 6.79. The summed E-state index contributed by atoms with van der Waals surface area (Å²) in [5.74, 6) is 1.02. The van der Waals surface area contributed by atoms with E-state index in [0.29, 0.717) is 11.8 Å². The fraction of sp³-hybridized carbons (Fsp3) is 0.875. The molecular formula is C8H14O. The molecule has 0 aromatic heterocycles. The molecule has 1 nitrogen and oxygen atoms in total. The average Bonchev–Trinajstić information content (AvgIpc) is 1.89. The van der Waals surface area contributed by atoms with E-state index in [0.717, 1.165) is 12.7 Å². The molecule has 0 aromatic carbocycles. The molecule has 0 amide bonds. The first-order valence-electron chi connectivity index (χ1n) is 3.80. The quantitative estimate of drug-likeness (QED) is 0.491. The van der Waals surface area contributed by atoms with Gasteiger partial charge in [0.05, 0.1) is 0 Å². The minimum absolute atomic E-state index is 0.374. The standard InChI is InChI=1S/C8H14O/c1-7-4-2-3-5-8(7)6-9/h6-8H,2-5H2,1H3/t7?,8-/m1/s1. The van der Waals surface area contributed by atoms with Crippen LogP contribution in [-0.2, 0) is 4.79 Å². The van der Waals surface area contributed by atoms with Crippen molar-refractivity contribution < 1.29 is 4.79 Å². The maximum atomic E-state index is 10.4. The molecule has 0 aromatic rings. The van der Waals surface area contributed by atoms with Gasteiger partial charge in [-0.25, -0.2) is 0 Å². The average molecular weight is 126 g/mol. The zero-order valence-corrected chi connectivity index (χ0v) is 5.97. The summed E-state index contributed by atoms with van der Waals surface area (Å²) in [5, 5.41) is 0. The van der Waals surface area contributed by atoms with Gasteiger partial charge in [-0.3, -0.25) is 0 Å². The van der Waals surface area contributed by atoms with E-state index < -0.39 is 0 Å². The molecule has 1 unspecified atom stereocenters. The van der Waals surface area contributed by atoms with Crippen molar-refractivity contribution in [3.63, 3.8) is 0 Å². The van der Waals surface area contributed by atoms with E-state index in [4.69, 9.17) is 0 Å². The summed E-state index contributed by atoms with van der Waals surface area (Å²) in [6.45, 7) is 2.18. The first-order chi connectivity index (χ1) is 4.34. The molecule has 0 aliphatic heterocycles. The number of hydrogen-bond acceptors (Lipinski definition) is 1. The van der Waals surface area contributed by atoms with Gasteiger partial charge in [-0.2, -0.15) is 0 Å². The fourth-order valence-electron chi connectivity index (χ4n) is 1.55. The second kappa shape index (κ2) is 3.00. The summed E-state index contributed by atoms with van der Waals surface area (Å²) in [6.07, 6.45) is 6.09. The van der Waals surface area contributed by atoms with Crippen molar-refractivity contribution in [1.29, 1.82) is 0 Å². The van der Waals surface area contributed by atoms with Gasteiger partial charge in [0.25, 0.3) is 0 Å². The van der Waals surface area contributed by atoms with E-state index in [2.05, 4.69) is 6.92 Å². The molecule has 52 valence electrons. The van der Waals surface area contributed by atoms with E-state index >= 15 is 0 Å². The zero-order chi connectivity index (χ0) is 6.69. The molecular weight excluding hydrogens is 112 g/mol. The predicted octanol–water partition coefficient (Wildman–Crippen LogP) is 2.01. The van der Waals surface area contributed by atoms with Crippen LogP contribution >= 0.6 is 0 Å². The van der Waals surface area contributed by atoms with Gasteiger partial charge in [-0.05, 0) is 12.3 Å². The van der Waals surface area contributed by atoms with Gasteiger partial charge in [0.2, 0.25) is 0 Å². The van der Waals surface area contributed by atoms with Crippen LogP contribution in [0.4, 0.5) is 0 Å². The molecule has 0 bridgehead atoms. The minimum Gasteiger partial charge on any atom is -0.303 e. The molecule has 9 heavy (non-hydrogen) atoms. The second-order valence-corrected chi connectivity index (χ2v) is 3.06. The number of rotatable bonds is 1. The Bertz CT molecular complexity index is 98.7. The highest BCUT2D eigenvalue weighted by Gasteiger charge is 2.19. The van der Waals surface area contributed by atoms with Crippen LogP contribution in [-0.4, -0.2) is 6.29 Å². The molecule has 1 aliphatic rings. The Hall–Kier alpha value is -0.330. The third kappa shape index (κ3) is 1.54. The molecule has 0 N–H and O–H groups in total. The van der Waals surface area contributed by atoms with Crippen LogP contribution in [0.3, 0.4) is 0 Å². The van der Waals surface area contributed by atoms with Gasteiger partial charge in [-0.15, -0.1) is 0 Å². The third-order valence-electron chi connectivity index (χ3n) is 2.35. The zero-order valence-electron chi connectivity index (χ0n) is 5.97. The molecule has 1 heteroatoms. The highest BCUT2D eigenvalue weighted by atomic mass is 16.1. The Kier molecular flexibility index (Phi) is 2.26. The van der Waals surface area contributed by atoms with Gasteiger partial charge in [0.1, 0.15) is 6.29 Å². The molecule has 1 fully saturated rings. The highest BCUT2D eigenvalue weighted by molar-refractivity contribution is 5.54. The van der Waals surface area contributed by atoms with Crippen molar-refractivity contribution in [1.82, 2.24) is 0 Å². The smallest absolute Gasteiger partial charge is 0.123 e. The number of carbonyl (C=O) groups is 1. The van der Waals surface area contributed by atoms with Crippen molar-refractivity contribution in [3.8, 4) is 0 Å². The molecule has 0 radical (unpaired) electrons. The van der Waals surface area contributed by atoms with Gasteiger partial charge in [-0.1, -0.05) is 26.2 Å². The van der Waals surface area contributed by atoms with Crippen LogP contribution in [0.5, 0.6) is 0 Å². The third-order valence-corrected chi connectivity index (χ3v) is 2.35. The SMILES string of the molecule is CC1CCCC[C@@H]1C=O.